The molecule has 0 aliphatic carbocycles. The SMILES string of the molecule is Nc1ncnn2c(-c3ccc4cnn(C5CCOCC5)c4c3)cc(O)c12. The molecule has 0 saturated carbocycles. The molecule has 8 nitrogen and oxygen atoms in total. The van der Waals surface area contributed by atoms with Crippen molar-refractivity contribution in [1.29, 1.82) is 0 Å². The van der Waals surface area contributed by atoms with E-state index < -0.39 is 0 Å². The molecule has 1 aliphatic heterocycles. The van der Waals surface area contributed by atoms with Crippen molar-refractivity contribution in [3.05, 3.63) is 36.8 Å². The molecule has 4 aromatic rings. The summed E-state index contributed by atoms with van der Waals surface area (Å²) in [7, 11) is 0. The number of rotatable bonds is 2. The number of anilines is 1. The van der Waals surface area contributed by atoms with Gasteiger partial charge in [-0.1, -0.05) is 12.1 Å². The summed E-state index contributed by atoms with van der Waals surface area (Å²) in [4.78, 5) is 3.95. The predicted molar refractivity (Wildman–Crippen MR) is 96.9 cm³/mol. The molecule has 4 heterocycles. The fourth-order valence-electron chi connectivity index (χ4n) is 3.67. The molecule has 3 aromatic heterocycles. The molecular weight excluding hydrogens is 332 g/mol. The average molecular weight is 350 g/mol. The van der Waals surface area contributed by atoms with Crippen LogP contribution in [0.4, 0.5) is 5.82 Å². The molecule has 0 amide bonds. The monoisotopic (exact) mass is 350 g/mol. The molecule has 0 radical (unpaired) electrons. The zero-order valence-corrected chi connectivity index (χ0v) is 14.0. The van der Waals surface area contributed by atoms with E-state index in [1.54, 1.807) is 10.6 Å². The minimum absolute atomic E-state index is 0.0659. The lowest BCUT2D eigenvalue weighted by molar-refractivity contribution is 0.0675. The largest absolute Gasteiger partial charge is 0.505 e. The Bertz CT molecular complexity index is 1110. The van der Waals surface area contributed by atoms with Crippen LogP contribution in [0.25, 0.3) is 27.7 Å². The Labute approximate surface area is 148 Å². The number of hydrogen-bond acceptors (Lipinski definition) is 6. The van der Waals surface area contributed by atoms with Gasteiger partial charge in [0.1, 0.15) is 17.6 Å². The Hall–Kier alpha value is -3.13. The number of nitrogens with zero attached hydrogens (tertiary/aromatic N) is 5. The highest BCUT2D eigenvalue weighted by atomic mass is 16.5. The van der Waals surface area contributed by atoms with Crippen molar-refractivity contribution in [2.75, 3.05) is 18.9 Å². The summed E-state index contributed by atoms with van der Waals surface area (Å²) in [5.41, 5.74) is 9.05. The minimum Gasteiger partial charge on any atom is -0.505 e. The second-order valence-electron chi connectivity index (χ2n) is 6.53. The van der Waals surface area contributed by atoms with Crippen LogP contribution < -0.4 is 5.73 Å². The maximum Gasteiger partial charge on any atom is 0.155 e. The highest BCUT2D eigenvalue weighted by Crippen LogP contribution is 2.34. The maximum atomic E-state index is 10.3. The van der Waals surface area contributed by atoms with Gasteiger partial charge in [-0.25, -0.2) is 9.50 Å². The number of benzene rings is 1. The highest BCUT2D eigenvalue weighted by molar-refractivity contribution is 5.86. The highest BCUT2D eigenvalue weighted by Gasteiger charge is 2.20. The van der Waals surface area contributed by atoms with Gasteiger partial charge in [-0.05, 0) is 18.9 Å². The van der Waals surface area contributed by atoms with Crippen LogP contribution in [0.3, 0.4) is 0 Å². The minimum atomic E-state index is 0.0659. The van der Waals surface area contributed by atoms with Gasteiger partial charge in [0.05, 0.1) is 23.4 Å². The van der Waals surface area contributed by atoms with E-state index >= 15 is 0 Å². The first-order valence-electron chi connectivity index (χ1n) is 8.59. The van der Waals surface area contributed by atoms with Crippen molar-refractivity contribution < 1.29 is 9.84 Å². The normalized spacial score (nSPS) is 15.8. The van der Waals surface area contributed by atoms with Crippen molar-refractivity contribution >= 4 is 22.2 Å². The number of nitrogen functional groups attached to an aromatic ring is 1. The second kappa shape index (κ2) is 5.70. The van der Waals surface area contributed by atoms with Crippen LogP contribution >= 0.6 is 0 Å². The Morgan fingerprint density at radius 1 is 1.15 bits per heavy atom. The molecule has 26 heavy (non-hydrogen) atoms. The molecule has 3 N–H and O–H groups in total. The quantitative estimate of drug-likeness (QED) is 0.575. The van der Waals surface area contributed by atoms with Crippen LogP contribution in [0.2, 0.25) is 0 Å². The molecule has 1 aromatic carbocycles. The van der Waals surface area contributed by atoms with E-state index in [0.717, 1.165) is 48.2 Å². The van der Waals surface area contributed by atoms with Gasteiger partial charge in [0, 0.05) is 30.2 Å². The molecule has 132 valence electrons. The van der Waals surface area contributed by atoms with Crippen molar-refractivity contribution in [1.82, 2.24) is 24.4 Å². The molecular formula is C18H18N6O2. The first kappa shape index (κ1) is 15.2. The van der Waals surface area contributed by atoms with E-state index in [-0.39, 0.29) is 11.6 Å². The van der Waals surface area contributed by atoms with Crippen LogP contribution in [-0.4, -0.2) is 42.7 Å². The van der Waals surface area contributed by atoms with Gasteiger partial charge in [0.2, 0.25) is 0 Å². The van der Waals surface area contributed by atoms with Crippen molar-refractivity contribution in [2.45, 2.75) is 18.9 Å². The summed E-state index contributed by atoms with van der Waals surface area (Å²) in [6.45, 7) is 1.53. The van der Waals surface area contributed by atoms with Gasteiger partial charge in [-0.15, -0.1) is 0 Å². The van der Waals surface area contributed by atoms with Gasteiger partial charge in [-0.2, -0.15) is 10.2 Å². The zero-order chi connectivity index (χ0) is 17.7. The summed E-state index contributed by atoms with van der Waals surface area (Å²) in [5, 5.41) is 20.2. The van der Waals surface area contributed by atoms with Crippen LogP contribution in [0, 0.1) is 0 Å². The first-order chi connectivity index (χ1) is 12.7. The topological polar surface area (TPSA) is 103 Å². The van der Waals surface area contributed by atoms with Crippen LogP contribution in [0.1, 0.15) is 18.9 Å². The number of aromatic nitrogens is 5. The van der Waals surface area contributed by atoms with Crippen molar-refractivity contribution in [3.8, 4) is 17.0 Å². The Morgan fingerprint density at radius 3 is 2.85 bits per heavy atom. The van der Waals surface area contributed by atoms with E-state index in [4.69, 9.17) is 10.5 Å². The second-order valence-corrected chi connectivity index (χ2v) is 6.53. The fourth-order valence-corrected chi connectivity index (χ4v) is 3.67. The lowest BCUT2D eigenvalue weighted by Crippen LogP contribution is -2.20. The Balaban J connectivity index is 1.67. The van der Waals surface area contributed by atoms with E-state index in [1.165, 1.54) is 6.33 Å². The van der Waals surface area contributed by atoms with Crippen LogP contribution in [0.15, 0.2) is 36.8 Å². The maximum absolute atomic E-state index is 10.3. The fraction of sp³-hybridized carbons (Fsp3) is 0.278. The summed E-state index contributed by atoms with van der Waals surface area (Å²) < 4.78 is 9.17. The van der Waals surface area contributed by atoms with E-state index in [0.29, 0.717) is 11.6 Å². The first-order valence-corrected chi connectivity index (χ1v) is 8.59. The van der Waals surface area contributed by atoms with Crippen molar-refractivity contribution in [3.63, 3.8) is 0 Å². The smallest absolute Gasteiger partial charge is 0.155 e. The van der Waals surface area contributed by atoms with E-state index in [1.807, 2.05) is 18.3 Å². The summed E-state index contributed by atoms with van der Waals surface area (Å²) >= 11 is 0. The zero-order valence-electron chi connectivity index (χ0n) is 14.0. The molecule has 1 saturated heterocycles. The van der Waals surface area contributed by atoms with Gasteiger partial charge < -0.3 is 15.6 Å². The summed E-state index contributed by atoms with van der Waals surface area (Å²) in [5.74, 6) is 0.313. The van der Waals surface area contributed by atoms with Gasteiger partial charge >= 0.3 is 0 Å². The standard InChI is InChI=1S/C18H18N6O2/c19-18-17-16(25)8-15(24(17)22-10-20-18)11-1-2-12-9-21-23(14(12)7-11)13-3-5-26-6-4-13/h1-2,7-10,13,25H,3-6H2,(H2,19,20,22). The number of hydrogen-bond donors (Lipinski definition) is 2. The Kier molecular flexibility index (Phi) is 3.32. The van der Waals surface area contributed by atoms with Crippen LogP contribution in [0.5, 0.6) is 5.75 Å². The molecule has 0 unspecified atom stereocenters. The van der Waals surface area contributed by atoms with Gasteiger partial charge in [0.15, 0.2) is 5.82 Å². The van der Waals surface area contributed by atoms with Crippen LogP contribution in [-0.2, 0) is 4.74 Å². The number of nitrogens with two attached hydrogens (primary N) is 1. The average Bonchev–Trinajstić information content (AvgIpc) is 3.24. The van der Waals surface area contributed by atoms with Gasteiger partial charge in [-0.3, -0.25) is 4.68 Å². The molecule has 1 aliphatic rings. The molecule has 0 atom stereocenters. The van der Waals surface area contributed by atoms with Crippen molar-refractivity contribution in [2.24, 2.45) is 0 Å². The van der Waals surface area contributed by atoms with Gasteiger partial charge in [0.25, 0.3) is 0 Å². The summed E-state index contributed by atoms with van der Waals surface area (Å²) in [6.07, 6.45) is 5.19. The molecule has 1 fully saturated rings. The number of aromatic hydroxyl groups is 1. The predicted octanol–water partition coefficient (Wildman–Crippen LogP) is 2.39. The lowest BCUT2D eigenvalue weighted by atomic mass is 10.1. The molecule has 5 rings (SSSR count). The molecule has 0 spiro atoms. The van der Waals surface area contributed by atoms with E-state index in [9.17, 15) is 5.11 Å². The third-order valence-electron chi connectivity index (χ3n) is 4.99. The summed E-state index contributed by atoms with van der Waals surface area (Å²) in [6, 6.07) is 8.12. The molecule has 0 bridgehead atoms. The molecule has 8 heteroatoms. The number of fused-ring (bicyclic) bond motifs is 2. The lowest BCUT2D eigenvalue weighted by Gasteiger charge is -2.23. The third kappa shape index (κ3) is 2.22. The third-order valence-corrected chi connectivity index (χ3v) is 4.99. The number of ether oxygens (including phenoxy) is 1. The Morgan fingerprint density at radius 2 is 2.00 bits per heavy atom. The van der Waals surface area contributed by atoms with E-state index in [2.05, 4.69) is 25.9 Å².